The summed E-state index contributed by atoms with van der Waals surface area (Å²) in [6.45, 7) is 9.50. The molecular formula is C22H31N3O. The lowest BCUT2D eigenvalue weighted by atomic mass is 9.87. The van der Waals surface area contributed by atoms with Crippen LogP contribution in [0.3, 0.4) is 0 Å². The van der Waals surface area contributed by atoms with Gasteiger partial charge in [-0.1, -0.05) is 38.1 Å². The minimum atomic E-state index is 0.141. The third-order valence-corrected chi connectivity index (χ3v) is 5.38. The number of carbonyl (C=O) groups is 1. The van der Waals surface area contributed by atoms with Crippen LogP contribution in [0.2, 0.25) is 0 Å². The number of hydrogen-bond acceptors (Lipinski definition) is 2. The molecule has 0 aliphatic heterocycles. The summed E-state index contributed by atoms with van der Waals surface area (Å²) in [6.07, 6.45) is 4.58. The molecule has 4 heteroatoms. The number of carbonyl (C=O) groups excluding carboxylic acids is 1. The van der Waals surface area contributed by atoms with Crippen molar-refractivity contribution in [3.63, 3.8) is 0 Å². The smallest absolute Gasteiger partial charge is 0.220 e. The number of fused-ring (bicyclic) bond motifs is 1. The molecule has 0 saturated carbocycles. The highest BCUT2D eigenvalue weighted by molar-refractivity contribution is 5.77. The van der Waals surface area contributed by atoms with Gasteiger partial charge in [-0.3, -0.25) is 9.48 Å². The third kappa shape index (κ3) is 4.17. The summed E-state index contributed by atoms with van der Waals surface area (Å²) < 4.78 is 2.09. The van der Waals surface area contributed by atoms with Gasteiger partial charge >= 0.3 is 0 Å². The SMILES string of the molecule is Cc1nn(CC(C)C)c(C)c1CCC(=O)N[C@@H]1CCCc2ccccc21. The van der Waals surface area contributed by atoms with Crippen LogP contribution >= 0.6 is 0 Å². The Morgan fingerprint density at radius 1 is 1.31 bits per heavy atom. The molecule has 140 valence electrons. The average molecular weight is 354 g/mol. The van der Waals surface area contributed by atoms with Gasteiger partial charge in [0, 0.05) is 18.7 Å². The zero-order chi connectivity index (χ0) is 18.7. The summed E-state index contributed by atoms with van der Waals surface area (Å²) in [5.41, 5.74) is 6.16. The van der Waals surface area contributed by atoms with Gasteiger partial charge in [0.05, 0.1) is 11.7 Å². The monoisotopic (exact) mass is 353 g/mol. The van der Waals surface area contributed by atoms with Gasteiger partial charge in [-0.05, 0) is 62.1 Å². The highest BCUT2D eigenvalue weighted by Gasteiger charge is 2.21. The molecule has 4 nitrogen and oxygen atoms in total. The number of aryl methyl sites for hydroxylation is 2. The standard InChI is InChI=1S/C22H31N3O/c1-15(2)14-25-17(4)19(16(3)24-25)12-13-22(26)23-21-11-7-9-18-8-5-6-10-20(18)21/h5-6,8,10,15,21H,7,9,11-14H2,1-4H3,(H,23,26)/t21-/m1/s1. The second-order valence-corrected chi connectivity index (χ2v) is 7.94. The van der Waals surface area contributed by atoms with Crippen molar-refractivity contribution in [3.05, 3.63) is 52.3 Å². The Hall–Kier alpha value is -2.10. The van der Waals surface area contributed by atoms with E-state index in [2.05, 4.69) is 67.1 Å². The molecule has 1 aromatic heterocycles. The van der Waals surface area contributed by atoms with Gasteiger partial charge in [0.2, 0.25) is 5.91 Å². The first-order valence-electron chi connectivity index (χ1n) is 9.85. The summed E-state index contributed by atoms with van der Waals surface area (Å²) >= 11 is 0. The van der Waals surface area contributed by atoms with Crippen molar-refractivity contribution in [2.45, 2.75) is 72.4 Å². The molecule has 0 unspecified atom stereocenters. The number of benzene rings is 1. The maximum Gasteiger partial charge on any atom is 0.220 e. The molecule has 3 rings (SSSR count). The van der Waals surface area contributed by atoms with Crippen LogP contribution in [-0.2, 0) is 24.2 Å². The molecular weight excluding hydrogens is 322 g/mol. The van der Waals surface area contributed by atoms with Gasteiger partial charge in [-0.15, -0.1) is 0 Å². The predicted molar refractivity (Wildman–Crippen MR) is 105 cm³/mol. The fourth-order valence-electron chi connectivity index (χ4n) is 4.03. The van der Waals surface area contributed by atoms with Crippen LogP contribution in [0, 0.1) is 19.8 Å². The predicted octanol–water partition coefficient (Wildman–Crippen LogP) is 4.28. The van der Waals surface area contributed by atoms with E-state index in [1.54, 1.807) is 0 Å². The lowest BCUT2D eigenvalue weighted by molar-refractivity contribution is -0.121. The summed E-state index contributed by atoms with van der Waals surface area (Å²) in [7, 11) is 0. The van der Waals surface area contributed by atoms with E-state index in [1.807, 2.05) is 0 Å². The summed E-state index contributed by atoms with van der Waals surface area (Å²) in [5.74, 6) is 0.706. The Bertz CT molecular complexity index is 776. The number of nitrogens with one attached hydrogen (secondary N) is 1. The second kappa shape index (κ2) is 8.07. The lowest BCUT2D eigenvalue weighted by Crippen LogP contribution is -2.31. The van der Waals surface area contributed by atoms with E-state index in [1.165, 1.54) is 22.4 Å². The maximum absolute atomic E-state index is 12.6. The van der Waals surface area contributed by atoms with Gasteiger partial charge in [0.25, 0.3) is 0 Å². The summed E-state index contributed by atoms with van der Waals surface area (Å²) in [4.78, 5) is 12.6. The first kappa shape index (κ1) is 18.7. The minimum absolute atomic E-state index is 0.141. The van der Waals surface area contributed by atoms with Crippen molar-refractivity contribution in [3.8, 4) is 0 Å². The Morgan fingerprint density at radius 3 is 2.85 bits per heavy atom. The average Bonchev–Trinajstić information content (AvgIpc) is 2.86. The molecule has 0 spiro atoms. The molecule has 2 aromatic rings. The minimum Gasteiger partial charge on any atom is -0.349 e. The summed E-state index contributed by atoms with van der Waals surface area (Å²) in [6, 6.07) is 8.66. The molecule has 26 heavy (non-hydrogen) atoms. The number of rotatable bonds is 6. The molecule has 0 fully saturated rings. The molecule has 1 atom stereocenters. The molecule has 0 saturated heterocycles. The summed E-state index contributed by atoms with van der Waals surface area (Å²) in [5, 5.41) is 7.92. The quantitative estimate of drug-likeness (QED) is 0.842. The zero-order valence-electron chi connectivity index (χ0n) is 16.5. The van der Waals surface area contributed by atoms with Gasteiger partial charge in [0.1, 0.15) is 0 Å². The highest BCUT2D eigenvalue weighted by Crippen LogP contribution is 2.29. The first-order chi connectivity index (χ1) is 12.5. The van der Waals surface area contributed by atoms with Crippen LogP contribution in [0.5, 0.6) is 0 Å². The Morgan fingerprint density at radius 2 is 2.08 bits per heavy atom. The molecule has 1 aromatic carbocycles. The molecule has 1 N–H and O–H groups in total. The Balaban J connectivity index is 1.61. The highest BCUT2D eigenvalue weighted by atomic mass is 16.1. The van der Waals surface area contributed by atoms with E-state index in [0.29, 0.717) is 12.3 Å². The van der Waals surface area contributed by atoms with Crippen LogP contribution in [0.15, 0.2) is 24.3 Å². The Labute approximate surface area is 157 Å². The van der Waals surface area contributed by atoms with E-state index < -0.39 is 0 Å². The molecule has 0 bridgehead atoms. The largest absolute Gasteiger partial charge is 0.349 e. The van der Waals surface area contributed by atoms with Crippen molar-refractivity contribution in [1.82, 2.24) is 15.1 Å². The lowest BCUT2D eigenvalue weighted by Gasteiger charge is -2.26. The number of amides is 1. The normalized spacial score (nSPS) is 16.6. The molecule has 0 radical (unpaired) electrons. The first-order valence-corrected chi connectivity index (χ1v) is 9.85. The van der Waals surface area contributed by atoms with Gasteiger partial charge in [0.15, 0.2) is 0 Å². The van der Waals surface area contributed by atoms with Crippen LogP contribution in [-0.4, -0.2) is 15.7 Å². The van der Waals surface area contributed by atoms with Gasteiger partial charge in [-0.2, -0.15) is 5.10 Å². The van der Waals surface area contributed by atoms with E-state index in [0.717, 1.165) is 37.9 Å². The van der Waals surface area contributed by atoms with Crippen LogP contribution in [0.4, 0.5) is 0 Å². The van der Waals surface area contributed by atoms with Gasteiger partial charge < -0.3 is 5.32 Å². The maximum atomic E-state index is 12.6. The zero-order valence-corrected chi connectivity index (χ0v) is 16.5. The van der Waals surface area contributed by atoms with Crippen molar-refractivity contribution >= 4 is 5.91 Å². The molecule has 1 aliphatic carbocycles. The van der Waals surface area contributed by atoms with Crippen molar-refractivity contribution in [2.24, 2.45) is 5.92 Å². The number of hydrogen-bond donors (Lipinski definition) is 1. The van der Waals surface area contributed by atoms with E-state index in [4.69, 9.17) is 0 Å². The van der Waals surface area contributed by atoms with Crippen LogP contribution < -0.4 is 5.32 Å². The van der Waals surface area contributed by atoms with E-state index in [-0.39, 0.29) is 11.9 Å². The molecule has 1 amide bonds. The van der Waals surface area contributed by atoms with E-state index in [9.17, 15) is 4.79 Å². The third-order valence-electron chi connectivity index (χ3n) is 5.38. The van der Waals surface area contributed by atoms with Crippen molar-refractivity contribution in [2.75, 3.05) is 0 Å². The fraction of sp³-hybridized carbons (Fsp3) is 0.545. The van der Waals surface area contributed by atoms with Crippen LogP contribution in [0.1, 0.15) is 67.2 Å². The number of aromatic nitrogens is 2. The van der Waals surface area contributed by atoms with Crippen molar-refractivity contribution < 1.29 is 4.79 Å². The fourth-order valence-corrected chi connectivity index (χ4v) is 4.03. The topological polar surface area (TPSA) is 46.9 Å². The molecule has 1 aliphatic rings. The van der Waals surface area contributed by atoms with E-state index >= 15 is 0 Å². The second-order valence-electron chi connectivity index (χ2n) is 7.94. The number of nitrogens with zero attached hydrogens (tertiary/aromatic N) is 2. The van der Waals surface area contributed by atoms with Gasteiger partial charge in [-0.25, -0.2) is 0 Å². The van der Waals surface area contributed by atoms with Crippen molar-refractivity contribution in [1.29, 1.82) is 0 Å². The molecule has 1 heterocycles. The van der Waals surface area contributed by atoms with Crippen LogP contribution in [0.25, 0.3) is 0 Å². The Kier molecular flexibility index (Phi) is 5.80.